The van der Waals surface area contributed by atoms with E-state index in [0.717, 1.165) is 16.0 Å². The summed E-state index contributed by atoms with van der Waals surface area (Å²) in [6.07, 6.45) is -1.88. The molecule has 106 valence electrons. The summed E-state index contributed by atoms with van der Waals surface area (Å²) < 4.78 is 24.6. The van der Waals surface area contributed by atoms with E-state index in [4.69, 9.17) is 5.11 Å². The maximum atomic E-state index is 12.3. The van der Waals surface area contributed by atoms with E-state index in [1.807, 2.05) is 31.2 Å². The number of carbonyl (C=O) groups is 1. The third-order valence-electron chi connectivity index (χ3n) is 2.79. The number of aliphatic hydroxyl groups excluding tert-OH is 1. The van der Waals surface area contributed by atoms with Gasteiger partial charge in [-0.3, -0.25) is 4.79 Å². The van der Waals surface area contributed by atoms with Crippen molar-refractivity contribution < 1.29 is 18.7 Å². The second kappa shape index (κ2) is 7.84. The molecule has 0 aliphatic heterocycles. The number of halogens is 2. The summed E-state index contributed by atoms with van der Waals surface area (Å²) >= 11 is 0. The molecule has 0 fully saturated rings. The number of alkyl halides is 2. The number of nitrogens with zero attached hydrogens (tertiary/aromatic N) is 1. The van der Waals surface area contributed by atoms with Crippen LogP contribution in [0.1, 0.15) is 17.5 Å². The third-order valence-corrected chi connectivity index (χ3v) is 2.79. The van der Waals surface area contributed by atoms with Crippen molar-refractivity contribution in [1.29, 1.82) is 0 Å². The quantitative estimate of drug-likeness (QED) is 0.824. The van der Waals surface area contributed by atoms with Gasteiger partial charge in [-0.15, -0.1) is 0 Å². The van der Waals surface area contributed by atoms with Crippen LogP contribution in [0.4, 0.5) is 8.78 Å². The first-order chi connectivity index (χ1) is 9.02. The lowest BCUT2D eigenvalue weighted by Gasteiger charge is -2.21. The van der Waals surface area contributed by atoms with Crippen molar-refractivity contribution in [2.75, 3.05) is 19.7 Å². The summed E-state index contributed by atoms with van der Waals surface area (Å²) in [6, 6.07) is 7.74. The van der Waals surface area contributed by atoms with Crippen molar-refractivity contribution in [1.82, 2.24) is 4.90 Å². The first-order valence-electron chi connectivity index (χ1n) is 6.25. The minimum atomic E-state index is -2.57. The lowest BCUT2D eigenvalue weighted by Crippen LogP contribution is -2.37. The summed E-state index contributed by atoms with van der Waals surface area (Å²) in [6.45, 7) is 0.993. The van der Waals surface area contributed by atoms with Crippen molar-refractivity contribution in [3.8, 4) is 0 Å². The van der Waals surface area contributed by atoms with Gasteiger partial charge in [0.1, 0.15) is 0 Å². The van der Waals surface area contributed by atoms with E-state index >= 15 is 0 Å². The molecule has 0 radical (unpaired) electrons. The van der Waals surface area contributed by atoms with E-state index < -0.39 is 13.0 Å². The van der Waals surface area contributed by atoms with Crippen molar-refractivity contribution in [2.45, 2.75) is 26.2 Å². The van der Waals surface area contributed by atoms with Crippen molar-refractivity contribution in [3.63, 3.8) is 0 Å². The topological polar surface area (TPSA) is 40.5 Å². The number of hydrogen-bond acceptors (Lipinski definition) is 2. The van der Waals surface area contributed by atoms with Gasteiger partial charge in [-0.2, -0.15) is 0 Å². The molecule has 3 nitrogen and oxygen atoms in total. The van der Waals surface area contributed by atoms with Crippen LogP contribution < -0.4 is 0 Å². The summed E-state index contributed by atoms with van der Waals surface area (Å²) in [5.41, 5.74) is 2.11. The standard InChI is InChI=1S/C14H19F2NO2/c1-11-3-2-4-12(9-11)5-6-14(19)17(7-8-18)10-13(15)16/h2-4,9,13,18H,5-8,10H2,1H3. The lowest BCUT2D eigenvalue weighted by atomic mass is 10.1. The van der Waals surface area contributed by atoms with E-state index in [-0.39, 0.29) is 25.5 Å². The van der Waals surface area contributed by atoms with Gasteiger partial charge >= 0.3 is 0 Å². The highest BCUT2D eigenvalue weighted by atomic mass is 19.3. The summed E-state index contributed by atoms with van der Waals surface area (Å²) in [4.78, 5) is 12.8. The summed E-state index contributed by atoms with van der Waals surface area (Å²) in [7, 11) is 0. The Morgan fingerprint density at radius 1 is 1.42 bits per heavy atom. The molecule has 5 heteroatoms. The van der Waals surface area contributed by atoms with Gasteiger partial charge in [0, 0.05) is 13.0 Å². The van der Waals surface area contributed by atoms with Crippen LogP contribution in [0.5, 0.6) is 0 Å². The number of hydrogen-bond donors (Lipinski definition) is 1. The average Bonchev–Trinajstić information content (AvgIpc) is 2.35. The predicted octanol–water partition coefficient (Wildman–Crippen LogP) is 2.01. The number of aliphatic hydroxyl groups is 1. The molecular weight excluding hydrogens is 252 g/mol. The fourth-order valence-corrected chi connectivity index (χ4v) is 1.88. The van der Waals surface area contributed by atoms with Crippen LogP contribution in [0.25, 0.3) is 0 Å². The molecule has 1 rings (SSSR count). The van der Waals surface area contributed by atoms with Crippen LogP contribution >= 0.6 is 0 Å². The third kappa shape index (κ3) is 5.79. The van der Waals surface area contributed by atoms with E-state index in [2.05, 4.69) is 0 Å². The largest absolute Gasteiger partial charge is 0.395 e. The first kappa shape index (κ1) is 15.6. The van der Waals surface area contributed by atoms with Gasteiger partial charge in [0.25, 0.3) is 6.43 Å². The Kier molecular flexibility index (Phi) is 6.42. The highest BCUT2D eigenvalue weighted by molar-refractivity contribution is 5.76. The monoisotopic (exact) mass is 271 g/mol. The molecule has 1 N–H and O–H groups in total. The molecule has 1 aromatic carbocycles. The van der Waals surface area contributed by atoms with E-state index in [1.165, 1.54) is 0 Å². The smallest absolute Gasteiger partial charge is 0.255 e. The Morgan fingerprint density at radius 2 is 2.16 bits per heavy atom. The minimum Gasteiger partial charge on any atom is -0.395 e. The molecule has 1 amide bonds. The van der Waals surface area contributed by atoms with Crippen molar-refractivity contribution >= 4 is 5.91 Å². The Bertz CT molecular complexity index is 410. The van der Waals surface area contributed by atoms with Crippen LogP contribution in [0.2, 0.25) is 0 Å². The van der Waals surface area contributed by atoms with Crippen molar-refractivity contribution in [2.24, 2.45) is 0 Å². The lowest BCUT2D eigenvalue weighted by molar-refractivity contribution is -0.133. The summed E-state index contributed by atoms with van der Waals surface area (Å²) in [5.74, 6) is -0.351. The molecular formula is C14H19F2NO2. The molecule has 0 heterocycles. The molecule has 0 atom stereocenters. The number of carbonyl (C=O) groups excluding carboxylic acids is 1. The number of benzene rings is 1. The fraction of sp³-hybridized carbons (Fsp3) is 0.500. The molecule has 0 spiro atoms. The molecule has 0 saturated carbocycles. The predicted molar refractivity (Wildman–Crippen MR) is 69.2 cm³/mol. The van der Waals surface area contributed by atoms with Gasteiger partial charge in [-0.25, -0.2) is 8.78 Å². The number of aryl methyl sites for hydroxylation is 2. The second-order valence-corrected chi connectivity index (χ2v) is 4.44. The molecule has 19 heavy (non-hydrogen) atoms. The Morgan fingerprint density at radius 3 is 2.74 bits per heavy atom. The first-order valence-corrected chi connectivity index (χ1v) is 6.25. The average molecular weight is 271 g/mol. The zero-order valence-electron chi connectivity index (χ0n) is 11.0. The zero-order chi connectivity index (χ0) is 14.3. The van der Waals surface area contributed by atoms with Crippen LogP contribution in [-0.2, 0) is 11.2 Å². The SMILES string of the molecule is Cc1cccc(CCC(=O)N(CCO)CC(F)F)c1. The minimum absolute atomic E-state index is 0.0447. The van der Waals surface area contributed by atoms with Crippen molar-refractivity contribution in [3.05, 3.63) is 35.4 Å². The molecule has 0 aromatic heterocycles. The molecule has 0 saturated heterocycles. The molecule has 0 unspecified atom stereocenters. The van der Waals surface area contributed by atoms with Gasteiger partial charge in [0.15, 0.2) is 0 Å². The fourth-order valence-electron chi connectivity index (χ4n) is 1.88. The van der Waals surface area contributed by atoms with E-state index in [9.17, 15) is 13.6 Å². The maximum Gasteiger partial charge on any atom is 0.255 e. The molecule has 1 aromatic rings. The van der Waals surface area contributed by atoms with Crippen LogP contribution in [0, 0.1) is 6.92 Å². The van der Waals surface area contributed by atoms with Crippen LogP contribution in [0.3, 0.4) is 0 Å². The normalized spacial score (nSPS) is 10.8. The maximum absolute atomic E-state index is 12.3. The van der Waals surface area contributed by atoms with Gasteiger partial charge < -0.3 is 10.0 Å². The van der Waals surface area contributed by atoms with Gasteiger partial charge in [0.05, 0.1) is 13.2 Å². The Balaban J connectivity index is 2.52. The number of amides is 1. The van der Waals surface area contributed by atoms with Gasteiger partial charge in [-0.05, 0) is 18.9 Å². The van der Waals surface area contributed by atoms with E-state index in [0.29, 0.717) is 6.42 Å². The number of rotatable bonds is 7. The zero-order valence-corrected chi connectivity index (χ0v) is 11.0. The molecule has 0 aliphatic carbocycles. The molecule has 0 bridgehead atoms. The van der Waals surface area contributed by atoms with E-state index in [1.54, 1.807) is 0 Å². The molecule has 0 aliphatic rings. The second-order valence-electron chi connectivity index (χ2n) is 4.44. The Hall–Kier alpha value is -1.49. The van der Waals surface area contributed by atoms with Crippen LogP contribution in [-0.4, -0.2) is 42.0 Å². The van der Waals surface area contributed by atoms with Gasteiger partial charge in [0.2, 0.25) is 5.91 Å². The highest BCUT2D eigenvalue weighted by Gasteiger charge is 2.17. The summed E-state index contributed by atoms with van der Waals surface area (Å²) in [5, 5.41) is 8.78. The van der Waals surface area contributed by atoms with Gasteiger partial charge in [-0.1, -0.05) is 29.8 Å². The Labute approximate surface area is 111 Å². The highest BCUT2D eigenvalue weighted by Crippen LogP contribution is 2.09. The van der Waals surface area contributed by atoms with Crippen LogP contribution in [0.15, 0.2) is 24.3 Å².